The van der Waals surface area contributed by atoms with Crippen molar-refractivity contribution < 1.29 is 22.7 Å². The van der Waals surface area contributed by atoms with Crippen molar-refractivity contribution in [3.8, 4) is 0 Å². The van der Waals surface area contributed by atoms with Gasteiger partial charge in [0.1, 0.15) is 0 Å². The van der Waals surface area contributed by atoms with E-state index >= 15 is 0 Å². The topological polar surface area (TPSA) is 105 Å². The standard InChI is InChI=1S/C24H31N3O5S/c1-5-27(6-2)33(30,31)21-14-8-18(4)22(16-21)26-23(28)17-25-20-12-9-19(10-13-20)11-15-24(29)32-7-3/h8-16,25H,5-7,17H2,1-4H3,(H,26,28)/b15-11+. The largest absolute Gasteiger partial charge is 0.463 e. The average Bonchev–Trinajstić information content (AvgIpc) is 2.79. The Bertz CT molecular complexity index is 1090. The molecule has 0 unspecified atom stereocenters. The Morgan fingerprint density at radius 3 is 2.30 bits per heavy atom. The molecule has 2 rings (SSSR count). The number of anilines is 2. The minimum Gasteiger partial charge on any atom is -0.463 e. The van der Waals surface area contributed by atoms with Gasteiger partial charge in [0.2, 0.25) is 15.9 Å². The van der Waals surface area contributed by atoms with Crippen LogP contribution in [0.5, 0.6) is 0 Å². The molecular weight excluding hydrogens is 442 g/mol. The highest BCUT2D eigenvalue weighted by molar-refractivity contribution is 7.89. The molecule has 0 saturated heterocycles. The van der Waals surface area contributed by atoms with E-state index in [-0.39, 0.29) is 17.3 Å². The van der Waals surface area contributed by atoms with Gasteiger partial charge in [-0.25, -0.2) is 13.2 Å². The smallest absolute Gasteiger partial charge is 0.330 e. The van der Waals surface area contributed by atoms with Crippen LogP contribution in [0.15, 0.2) is 53.4 Å². The number of nitrogens with one attached hydrogen (secondary N) is 2. The summed E-state index contributed by atoms with van der Waals surface area (Å²) >= 11 is 0. The molecule has 0 heterocycles. The number of esters is 1. The number of hydrogen-bond acceptors (Lipinski definition) is 6. The lowest BCUT2D eigenvalue weighted by Crippen LogP contribution is -2.30. The number of ether oxygens (including phenoxy) is 1. The van der Waals surface area contributed by atoms with E-state index in [1.54, 1.807) is 58.0 Å². The first-order valence-corrected chi connectivity index (χ1v) is 12.2. The molecule has 0 radical (unpaired) electrons. The molecule has 0 aliphatic rings. The Kier molecular flexibility index (Phi) is 9.62. The Hall–Kier alpha value is -3.17. The zero-order valence-corrected chi connectivity index (χ0v) is 20.2. The molecule has 0 fully saturated rings. The third-order valence-corrected chi connectivity index (χ3v) is 6.93. The molecule has 2 aromatic carbocycles. The highest BCUT2D eigenvalue weighted by Crippen LogP contribution is 2.23. The minimum absolute atomic E-state index is 0.00444. The summed E-state index contributed by atoms with van der Waals surface area (Å²) in [4.78, 5) is 24.0. The lowest BCUT2D eigenvalue weighted by atomic mass is 10.2. The number of hydrogen-bond donors (Lipinski definition) is 2. The van der Waals surface area contributed by atoms with Crippen LogP contribution < -0.4 is 10.6 Å². The van der Waals surface area contributed by atoms with Crippen molar-refractivity contribution in [1.29, 1.82) is 0 Å². The van der Waals surface area contributed by atoms with Gasteiger partial charge in [0.05, 0.1) is 18.0 Å². The van der Waals surface area contributed by atoms with Crippen LogP contribution in [0.1, 0.15) is 31.9 Å². The second kappa shape index (κ2) is 12.2. The Balaban J connectivity index is 2.00. The molecule has 9 heteroatoms. The van der Waals surface area contributed by atoms with Gasteiger partial charge < -0.3 is 15.4 Å². The highest BCUT2D eigenvalue weighted by Gasteiger charge is 2.22. The van der Waals surface area contributed by atoms with Crippen LogP contribution in [-0.2, 0) is 24.3 Å². The van der Waals surface area contributed by atoms with E-state index in [1.165, 1.54) is 16.4 Å². The van der Waals surface area contributed by atoms with E-state index in [2.05, 4.69) is 10.6 Å². The molecule has 0 aliphatic heterocycles. The molecule has 0 bridgehead atoms. The zero-order valence-electron chi connectivity index (χ0n) is 19.4. The summed E-state index contributed by atoms with van der Waals surface area (Å²) in [6.07, 6.45) is 3.01. The summed E-state index contributed by atoms with van der Waals surface area (Å²) in [5.74, 6) is -0.706. The monoisotopic (exact) mass is 473 g/mol. The van der Waals surface area contributed by atoms with Gasteiger partial charge >= 0.3 is 5.97 Å². The lowest BCUT2D eigenvalue weighted by Gasteiger charge is -2.19. The number of nitrogens with zero attached hydrogens (tertiary/aromatic N) is 1. The summed E-state index contributed by atoms with van der Waals surface area (Å²) in [5.41, 5.74) is 2.77. The van der Waals surface area contributed by atoms with Gasteiger partial charge in [-0.15, -0.1) is 0 Å². The maximum Gasteiger partial charge on any atom is 0.330 e. The first kappa shape index (κ1) is 26.1. The first-order valence-electron chi connectivity index (χ1n) is 10.8. The van der Waals surface area contributed by atoms with E-state index < -0.39 is 16.0 Å². The number of amides is 1. The van der Waals surface area contributed by atoms with Gasteiger partial charge in [0.25, 0.3) is 0 Å². The van der Waals surface area contributed by atoms with Crippen molar-refractivity contribution in [2.75, 3.05) is 36.9 Å². The van der Waals surface area contributed by atoms with Crippen LogP contribution in [0, 0.1) is 6.92 Å². The Morgan fingerprint density at radius 1 is 1.03 bits per heavy atom. The molecule has 2 N–H and O–H groups in total. The van der Waals surface area contributed by atoms with Crippen LogP contribution in [0.2, 0.25) is 0 Å². The predicted molar refractivity (Wildman–Crippen MR) is 131 cm³/mol. The van der Waals surface area contributed by atoms with Crippen LogP contribution >= 0.6 is 0 Å². The fourth-order valence-corrected chi connectivity index (χ4v) is 4.54. The normalized spacial score (nSPS) is 11.5. The van der Waals surface area contributed by atoms with Crippen molar-refractivity contribution in [1.82, 2.24) is 4.31 Å². The first-order chi connectivity index (χ1) is 15.7. The number of carbonyl (C=O) groups excluding carboxylic acids is 2. The maximum atomic E-state index is 12.8. The molecule has 0 saturated carbocycles. The lowest BCUT2D eigenvalue weighted by molar-refractivity contribution is -0.137. The van der Waals surface area contributed by atoms with Crippen LogP contribution in [0.25, 0.3) is 6.08 Å². The Morgan fingerprint density at radius 2 is 1.70 bits per heavy atom. The number of aryl methyl sites for hydroxylation is 1. The molecule has 0 aliphatic carbocycles. The van der Waals surface area contributed by atoms with Crippen molar-refractivity contribution in [3.63, 3.8) is 0 Å². The predicted octanol–water partition coefficient (Wildman–Crippen LogP) is 3.65. The van der Waals surface area contributed by atoms with Crippen LogP contribution in [0.4, 0.5) is 11.4 Å². The SMILES string of the molecule is CCOC(=O)/C=C/c1ccc(NCC(=O)Nc2cc(S(=O)(=O)N(CC)CC)ccc2C)cc1. The second-order valence-corrected chi connectivity index (χ2v) is 9.11. The fraction of sp³-hybridized carbons (Fsp3) is 0.333. The van der Waals surface area contributed by atoms with Gasteiger partial charge in [-0.2, -0.15) is 4.31 Å². The number of sulfonamides is 1. The van der Waals surface area contributed by atoms with Crippen LogP contribution in [-0.4, -0.2) is 50.8 Å². The van der Waals surface area contributed by atoms with E-state index in [0.717, 1.165) is 16.8 Å². The molecule has 0 atom stereocenters. The van der Waals surface area contributed by atoms with Gasteiger partial charge in [0, 0.05) is 30.5 Å². The van der Waals surface area contributed by atoms with Gasteiger partial charge in [-0.3, -0.25) is 4.79 Å². The highest BCUT2D eigenvalue weighted by atomic mass is 32.2. The summed E-state index contributed by atoms with van der Waals surface area (Å²) in [6, 6.07) is 11.9. The number of rotatable bonds is 11. The van der Waals surface area contributed by atoms with Crippen molar-refractivity contribution in [3.05, 3.63) is 59.7 Å². The van der Waals surface area contributed by atoms with E-state index in [9.17, 15) is 18.0 Å². The fourth-order valence-electron chi connectivity index (χ4n) is 3.05. The molecule has 0 aromatic heterocycles. The zero-order chi connectivity index (χ0) is 24.4. The van der Waals surface area contributed by atoms with Crippen molar-refractivity contribution in [2.24, 2.45) is 0 Å². The quantitative estimate of drug-likeness (QED) is 0.381. The molecule has 178 valence electrons. The van der Waals surface area contributed by atoms with E-state index in [0.29, 0.717) is 25.4 Å². The molecule has 0 spiro atoms. The number of carbonyl (C=O) groups is 2. The average molecular weight is 474 g/mol. The second-order valence-electron chi connectivity index (χ2n) is 7.18. The Labute approximate surface area is 195 Å². The molecule has 2 aromatic rings. The third kappa shape index (κ3) is 7.44. The van der Waals surface area contributed by atoms with E-state index in [1.807, 2.05) is 12.1 Å². The molecule has 33 heavy (non-hydrogen) atoms. The summed E-state index contributed by atoms with van der Waals surface area (Å²) in [7, 11) is -3.62. The molecule has 8 nitrogen and oxygen atoms in total. The van der Waals surface area contributed by atoms with Crippen molar-refractivity contribution in [2.45, 2.75) is 32.6 Å². The molecule has 1 amide bonds. The third-order valence-electron chi connectivity index (χ3n) is 4.89. The molecular formula is C24H31N3O5S. The van der Waals surface area contributed by atoms with Gasteiger partial charge in [0.15, 0.2) is 0 Å². The number of benzene rings is 2. The summed E-state index contributed by atoms with van der Waals surface area (Å²) in [6.45, 7) is 8.19. The summed E-state index contributed by atoms with van der Waals surface area (Å²) < 4.78 is 31.7. The van der Waals surface area contributed by atoms with Crippen LogP contribution in [0.3, 0.4) is 0 Å². The summed E-state index contributed by atoms with van der Waals surface area (Å²) in [5, 5.41) is 5.80. The maximum absolute atomic E-state index is 12.8. The van der Waals surface area contributed by atoms with E-state index in [4.69, 9.17) is 4.74 Å². The minimum atomic E-state index is -3.62. The van der Waals surface area contributed by atoms with Gasteiger partial charge in [-0.1, -0.05) is 32.0 Å². The van der Waals surface area contributed by atoms with Crippen molar-refractivity contribution >= 4 is 39.4 Å². The van der Waals surface area contributed by atoms with Gasteiger partial charge in [-0.05, 0) is 55.3 Å².